The predicted molar refractivity (Wildman–Crippen MR) is 56.4 cm³/mol. The fraction of sp³-hybridized carbons (Fsp3) is 0.778. The molecule has 0 aromatic heterocycles. The highest BCUT2D eigenvalue weighted by atomic mass is 32.2. The number of carboxylic acids is 1. The summed E-state index contributed by atoms with van der Waals surface area (Å²) in [5.74, 6) is -1.70. The molecule has 1 saturated heterocycles. The smallest absolute Gasteiger partial charge is 0.322 e. The van der Waals surface area contributed by atoms with Crippen molar-refractivity contribution in [2.75, 3.05) is 12.3 Å². The number of aliphatic carboxylic acids is 1. The minimum Gasteiger partial charge on any atom is -0.480 e. The molecule has 0 aliphatic carbocycles. The number of hydrogen-bond acceptors (Lipinski definition) is 4. The van der Waals surface area contributed by atoms with Gasteiger partial charge in [-0.25, -0.2) is 8.42 Å². The van der Waals surface area contributed by atoms with Crippen molar-refractivity contribution < 1.29 is 23.1 Å². The predicted octanol–water partition coefficient (Wildman–Crippen LogP) is -0.156. The summed E-state index contributed by atoms with van der Waals surface area (Å²) >= 11 is 0. The minimum atomic E-state index is -3.62. The van der Waals surface area contributed by atoms with E-state index in [-0.39, 0.29) is 24.5 Å². The van der Waals surface area contributed by atoms with Gasteiger partial charge in [-0.3, -0.25) is 9.59 Å². The Bertz CT molecular complexity index is 389. The molecule has 0 aromatic rings. The molecule has 1 aliphatic heterocycles. The largest absolute Gasteiger partial charge is 0.480 e. The number of nitrogens with zero attached hydrogens (tertiary/aromatic N) is 1. The highest BCUT2D eigenvalue weighted by Crippen LogP contribution is 2.20. The molecule has 1 fully saturated rings. The van der Waals surface area contributed by atoms with E-state index in [1.165, 1.54) is 0 Å². The second-order valence-electron chi connectivity index (χ2n) is 3.81. The van der Waals surface area contributed by atoms with Crippen LogP contribution in [0, 0.1) is 0 Å². The monoisotopic (exact) mass is 249 g/mol. The van der Waals surface area contributed by atoms with E-state index in [0.717, 1.165) is 4.31 Å². The van der Waals surface area contributed by atoms with Gasteiger partial charge in [0.2, 0.25) is 10.0 Å². The molecule has 7 heteroatoms. The summed E-state index contributed by atoms with van der Waals surface area (Å²) in [6.45, 7) is 1.54. The second-order valence-corrected chi connectivity index (χ2v) is 5.85. The van der Waals surface area contributed by atoms with E-state index in [1.54, 1.807) is 0 Å². The van der Waals surface area contributed by atoms with Crippen molar-refractivity contribution in [3.05, 3.63) is 0 Å². The Balaban J connectivity index is 2.85. The normalized spacial score (nSPS) is 22.6. The number of carbonyl (C=O) groups is 2. The standard InChI is InChI=1S/C9H15NO5S/c1-2-3-4-16(14,15)10-6-7(11)5-8(10)9(12)13/h8H,2-6H2,1H3,(H,12,13). The molecule has 1 N–H and O–H groups in total. The molecule has 16 heavy (non-hydrogen) atoms. The summed E-state index contributed by atoms with van der Waals surface area (Å²) in [5.41, 5.74) is 0. The lowest BCUT2D eigenvalue weighted by Gasteiger charge is -2.19. The van der Waals surface area contributed by atoms with Crippen LogP contribution in [0.15, 0.2) is 0 Å². The molecular weight excluding hydrogens is 234 g/mol. The maximum Gasteiger partial charge on any atom is 0.322 e. The molecule has 0 aromatic carbocycles. The van der Waals surface area contributed by atoms with Crippen molar-refractivity contribution in [2.24, 2.45) is 0 Å². The zero-order valence-electron chi connectivity index (χ0n) is 9.05. The molecule has 1 unspecified atom stereocenters. The van der Waals surface area contributed by atoms with Crippen LogP contribution in [0.25, 0.3) is 0 Å². The van der Waals surface area contributed by atoms with Crippen molar-refractivity contribution in [2.45, 2.75) is 32.2 Å². The molecular formula is C9H15NO5S. The van der Waals surface area contributed by atoms with Gasteiger partial charge in [0.15, 0.2) is 0 Å². The quantitative estimate of drug-likeness (QED) is 0.731. The summed E-state index contributed by atoms with van der Waals surface area (Å²) in [5, 5.41) is 8.83. The molecule has 92 valence electrons. The molecule has 0 amide bonds. The Morgan fingerprint density at radius 1 is 1.56 bits per heavy atom. The lowest BCUT2D eigenvalue weighted by atomic mass is 10.2. The Hall–Kier alpha value is -0.950. The fourth-order valence-corrected chi connectivity index (χ4v) is 3.39. The molecule has 1 heterocycles. The zero-order chi connectivity index (χ0) is 12.3. The van der Waals surface area contributed by atoms with Crippen LogP contribution in [0.1, 0.15) is 26.2 Å². The summed E-state index contributed by atoms with van der Waals surface area (Å²) in [4.78, 5) is 21.9. The molecule has 0 spiro atoms. The van der Waals surface area contributed by atoms with Gasteiger partial charge < -0.3 is 5.11 Å². The fourth-order valence-electron chi connectivity index (χ4n) is 1.61. The van der Waals surface area contributed by atoms with Gasteiger partial charge in [-0.05, 0) is 6.42 Å². The first-order valence-electron chi connectivity index (χ1n) is 5.12. The summed E-state index contributed by atoms with van der Waals surface area (Å²) < 4.78 is 24.3. The van der Waals surface area contributed by atoms with Crippen molar-refractivity contribution in [1.82, 2.24) is 4.31 Å². The van der Waals surface area contributed by atoms with Crippen LogP contribution in [-0.2, 0) is 19.6 Å². The van der Waals surface area contributed by atoms with Crippen LogP contribution in [-0.4, -0.2) is 47.9 Å². The van der Waals surface area contributed by atoms with Crippen LogP contribution in [0.5, 0.6) is 0 Å². The molecule has 1 aliphatic rings. The maximum atomic E-state index is 11.8. The van der Waals surface area contributed by atoms with Crippen LogP contribution in [0.4, 0.5) is 0 Å². The van der Waals surface area contributed by atoms with Gasteiger partial charge in [-0.15, -0.1) is 0 Å². The lowest BCUT2D eigenvalue weighted by Crippen LogP contribution is -2.41. The van der Waals surface area contributed by atoms with Gasteiger partial charge in [0.1, 0.15) is 11.8 Å². The third kappa shape index (κ3) is 2.79. The Morgan fingerprint density at radius 3 is 2.69 bits per heavy atom. The molecule has 0 saturated carbocycles. The third-order valence-corrected chi connectivity index (χ3v) is 4.40. The Morgan fingerprint density at radius 2 is 2.19 bits per heavy atom. The lowest BCUT2D eigenvalue weighted by molar-refractivity contribution is -0.141. The van der Waals surface area contributed by atoms with E-state index in [4.69, 9.17) is 5.11 Å². The highest BCUT2D eigenvalue weighted by Gasteiger charge is 2.42. The van der Waals surface area contributed by atoms with Gasteiger partial charge >= 0.3 is 5.97 Å². The number of sulfonamides is 1. The minimum absolute atomic E-state index is 0.0967. The van der Waals surface area contributed by atoms with Gasteiger partial charge in [0, 0.05) is 6.42 Å². The molecule has 0 bridgehead atoms. The van der Waals surface area contributed by atoms with Crippen LogP contribution < -0.4 is 0 Å². The van der Waals surface area contributed by atoms with Gasteiger partial charge in [-0.2, -0.15) is 4.31 Å². The molecule has 1 rings (SSSR count). The van der Waals surface area contributed by atoms with Crippen LogP contribution in [0.3, 0.4) is 0 Å². The summed E-state index contributed by atoms with van der Waals surface area (Å²) in [6.07, 6.45) is 0.957. The number of Topliss-reactive ketones (excluding diaryl/α,β-unsaturated/α-hetero) is 1. The zero-order valence-corrected chi connectivity index (χ0v) is 9.87. The molecule has 1 atom stereocenters. The first-order chi connectivity index (χ1) is 7.38. The van der Waals surface area contributed by atoms with Gasteiger partial charge in [-0.1, -0.05) is 13.3 Å². The summed E-state index contributed by atoms with van der Waals surface area (Å²) in [6, 6.07) is -1.21. The average molecular weight is 249 g/mol. The van der Waals surface area contributed by atoms with E-state index >= 15 is 0 Å². The van der Waals surface area contributed by atoms with Crippen molar-refractivity contribution >= 4 is 21.8 Å². The van der Waals surface area contributed by atoms with Crippen molar-refractivity contribution in [3.63, 3.8) is 0 Å². The SMILES string of the molecule is CCCCS(=O)(=O)N1CC(=O)CC1C(=O)O. The number of carbonyl (C=O) groups excluding carboxylic acids is 1. The second kappa shape index (κ2) is 4.92. The van der Waals surface area contributed by atoms with E-state index in [9.17, 15) is 18.0 Å². The Kier molecular flexibility index (Phi) is 4.03. The van der Waals surface area contributed by atoms with Crippen LogP contribution >= 0.6 is 0 Å². The molecule has 0 radical (unpaired) electrons. The van der Waals surface area contributed by atoms with Crippen LogP contribution in [0.2, 0.25) is 0 Å². The summed E-state index contributed by atoms with van der Waals surface area (Å²) in [7, 11) is -3.62. The van der Waals surface area contributed by atoms with Crippen molar-refractivity contribution in [1.29, 1.82) is 0 Å². The number of carboxylic acid groups (broad SMARTS) is 1. The third-order valence-electron chi connectivity index (χ3n) is 2.50. The molecule has 6 nitrogen and oxygen atoms in total. The Labute approximate surface area is 94.3 Å². The number of ketones is 1. The topological polar surface area (TPSA) is 91.8 Å². The van der Waals surface area contributed by atoms with Crippen molar-refractivity contribution in [3.8, 4) is 0 Å². The van der Waals surface area contributed by atoms with E-state index in [2.05, 4.69) is 0 Å². The van der Waals surface area contributed by atoms with Gasteiger partial charge in [0.25, 0.3) is 0 Å². The van der Waals surface area contributed by atoms with Gasteiger partial charge in [0.05, 0.1) is 12.3 Å². The maximum absolute atomic E-state index is 11.8. The number of rotatable bonds is 5. The number of unbranched alkanes of at least 4 members (excludes halogenated alkanes) is 1. The number of hydrogen-bond donors (Lipinski definition) is 1. The van der Waals surface area contributed by atoms with E-state index in [0.29, 0.717) is 12.8 Å². The van der Waals surface area contributed by atoms with E-state index in [1.807, 2.05) is 6.92 Å². The first kappa shape index (κ1) is 13.1. The average Bonchev–Trinajstić information content (AvgIpc) is 2.58. The van der Waals surface area contributed by atoms with E-state index < -0.39 is 22.0 Å². The first-order valence-corrected chi connectivity index (χ1v) is 6.73. The highest BCUT2D eigenvalue weighted by molar-refractivity contribution is 7.89.